The number of carbonyl (C=O) groups is 2. The molecule has 3 rings (SSSR count). The van der Waals surface area contributed by atoms with Gasteiger partial charge in [0.2, 0.25) is 11.8 Å². The summed E-state index contributed by atoms with van der Waals surface area (Å²) in [5.74, 6) is -1.23. The number of amides is 2. The molecule has 1 aliphatic rings. The maximum Gasteiger partial charge on any atom is 0.321 e. The molecule has 0 fully saturated rings. The van der Waals surface area contributed by atoms with Crippen LogP contribution in [0.1, 0.15) is 25.3 Å². The third-order valence-corrected chi connectivity index (χ3v) is 5.51. The predicted octanol–water partition coefficient (Wildman–Crippen LogP) is 4.95. The standard InChI is InChI=1S/C25H27ClFN5O4/c1-15-11-20(8-9-21(15)36-22-10-7-19(27)14-28-22)31-24(29-13-17-3-5-18(26)6-4-17)32-25(35)30-12-16(2)23(33)34/h3,5,7-11,14,16H,4,6,12-13H2,1-2H3,(H,33,34)(H3,29,30,31,32,35)/t16-/m0/s1. The molecule has 1 aromatic heterocycles. The minimum Gasteiger partial charge on any atom is -0.481 e. The summed E-state index contributed by atoms with van der Waals surface area (Å²) in [5.41, 5.74) is 2.44. The zero-order valence-corrected chi connectivity index (χ0v) is 20.6. The predicted molar refractivity (Wildman–Crippen MR) is 136 cm³/mol. The van der Waals surface area contributed by atoms with Crippen LogP contribution in [-0.4, -0.2) is 41.1 Å². The maximum absolute atomic E-state index is 13.1. The molecular weight excluding hydrogens is 489 g/mol. The average Bonchev–Trinajstić information content (AvgIpc) is 2.85. The van der Waals surface area contributed by atoms with E-state index in [2.05, 4.69) is 25.9 Å². The first-order valence-corrected chi connectivity index (χ1v) is 11.6. The van der Waals surface area contributed by atoms with Gasteiger partial charge >= 0.3 is 12.0 Å². The largest absolute Gasteiger partial charge is 0.481 e. The number of anilines is 1. The highest BCUT2D eigenvalue weighted by Crippen LogP contribution is 2.26. The maximum atomic E-state index is 13.1. The summed E-state index contributed by atoms with van der Waals surface area (Å²) in [4.78, 5) is 31.8. The molecule has 2 aromatic rings. The number of urea groups is 1. The molecule has 9 nitrogen and oxygen atoms in total. The summed E-state index contributed by atoms with van der Waals surface area (Å²) in [6.07, 6.45) is 6.30. The van der Waals surface area contributed by atoms with Gasteiger partial charge in [0.1, 0.15) is 11.6 Å². The quantitative estimate of drug-likeness (QED) is 0.291. The summed E-state index contributed by atoms with van der Waals surface area (Å²) in [5, 5.41) is 18.0. The second-order valence-corrected chi connectivity index (χ2v) is 8.69. The lowest BCUT2D eigenvalue weighted by Crippen LogP contribution is -2.44. The third-order valence-electron chi connectivity index (χ3n) is 5.20. The molecule has 0 radical (unpaired) electrons. The van der Waals surface area contributed by atoms with Gasteiger partial charge in [-0.25, -0.2) is 19.2 Å². The molecule has 0 aliphatic heterocycles. The van der Waals surface area contributed by atoms with E-state index in [9.17, 15) is 14.0 Å². The number of nitrogens with zero attached hydrogens (tertiary/aromatic N) is 2. The number of nitrogens with one attached hydrogen (secondary N) is 3. The Morgan fingerprint density at radius 1 is 1.25 bits per heavy atom. The van der Waals surface area contributed by atoms with Crippen molar-refractivity contribution in [1.29, 1.82) is 0 Å². The molecule has 0 saturated carbocycles. The fourth-order valence-electron chi connectivity index (χ4n) is 3.08. The van der Waals surface area contributed by atoms with Crippen LogP contribution in [0.2, 0.25) is 0 Å². The van der Waals surface area contributed by atoms with Gasteiger partial charge in [0, 0.05) is 23.3 Å². The smallest absolute Gasteiger partial charge is 0.321 e. The highest BCUT2D eigenvalue weighted by molar-refractivity contribution is 6.29. The van der Waals surface area contributed by atoms with E-state index < -0.39 is 23.7 Å². The molecule has 4 N–H and O–H groups in total. The van der Waals surface area contributed by atoms with Crippen molar-refractivity contribution in [3.63, 3.8) is 0 Å². The number of allylic oxidation sites excluding steroid dienone is 3. The fourth-order valence-corrected chi connectivity index (χ4v) is 3.23. The van der Waals surface area contributed by atoms with Gasteiger partial charge in [-0.15, -0.1) is 0 Å². The molecule has 2 amide bonds. The van der Waals surface area contributed by atoms with Crippen molar-refractivity contribution in [1.82, 2.24) is 15.6 Å². The van der Waals surface area contributed by atoms with Gasteiger partial charge in [0.15, 0.2) is 0 Å². The number of benzene rings is 1. The number of halogens is 2. The zero-order chi connectivity index (χ0) is 26.1. The number of aryl methyl sites for hydroxylation is 1. The van der Waals surface area contributed by atoms with Crippen molar-refractivity contribution in [3.05, 3.63) is 70.7 Å². The van der Waals surface area contributed by atoms with Crippen molar-refractivity contribution in [2.75, 3.05) is 18.4 Å². The number of pyridine rings is 1. The molecule has 1 atom stereocenters. The first-order valence-electron chi connectivity index (χ1n) is 11.2. The van der Waals surface area contributed by atoms with Gasteiger partial charge in [-0.1, -0.05) is 24.6 Å². The van der Waals surface area contributed by atoms with Gasteiger partial charge in [-0.3, -0.25) is 10.1 Å². The van der Waals surface area contributed by atoms with E-state index in [4.69, 9.17) is 21.4 Å². The Morgan fingerprint density at radius 3 is 2.69 bits per heavy atom. The number of carboxylic acids is 1. The van der Waals surface area contributed by atoms with E-state index in [0.717, 1.165) is 35.2 Å². The lowest BCUT2D eigenvalue weighted by molar-refractivity contribution is -0.140. The Hall–Kier alpha value is -3.92. The van der Waals surface area contributed by atoms with Crippen molar-refractivity contribution in [2.45, 2.75) is 26.7 Å². The van der Waals surface area contributed by atoms with Crippen LogP contribution in [0.4, 0.5) is 14.9 Å². The minimum atomic E-state index is -1.01. The number of guanidine groups is 1. The van der Waals surface area contributed by atoms with Crippen LogP contribution in [0.25, 0.3) is 0 Å². The lowest BCUT2D eigenvalue weighted by Gasteiger charge is -2.16. The van der Waals surface area contributed by atoms with Crippen LogP contribution >= 0.6 is 11.6 Å². The Balaban J connectivity index is 1.71. The summed E-state index contributed by atoms with van der Waals surface area (Å²) in [7, 11) is 0. The Morgan fingerprint density at radius 2 is 2.06 bits per heavy atom. The summed E-state index contributed by atoms with van der Waals surface area (Å²) in [6.45, 7) is 3.63. The normalized spacial score (nSPS) is 14.3. The number of aliphatic carboxylic acids is 1. The van der Waals surface area contributed by atoms with Crippen LogP contribution in [-0.2, 0) is 4.79 Å². The van der Waals surface area contributed by atoms with Gasteiger partial charge in [0.25, 0.3) is 0 Å². The minimum absolute atomic E-state index is 0.0363. The van der Waals surface area contributed by atoms with Crippen molar-refractivity contribution in [3.8, 4) is 11.6 Å². The molecule has 1 aliphatic carbocycles. The second-order valence-electron chi connectivity index (χ2n) is 8.20. The first kappa shape index (κ1) is 26.7. The van der Waals surface area contributed by atoms with Crippen LogP contribution in [0.15, 0.2) is 64.3 Å². The van der Waals surface area contributed by atoms with E-state index in [0.29, 0.717) is 18.0 Å². The van der Waals surface area contributed by atoms with Crippen molar-refractivity contribution < 1.29 is 23.8 Å². The fraction of sp³-hybridized carbons (Fsp3) is 0.280. The Kier molecular flexibility index (Phi) is 9.40. The number of rotatable bonds is 8. The molecule has 0 saturated heterocycles. The Bertz CT molecular complexity index is 1200. The second kappa shape index (κ2) is 12.7. The molecule has 11 heteroatoms. The van der Waals surface area contributed by atoms with Crippen LogP contribution in [0.5, 0.6) is 11.6 Å². The molecule has 1 aromatic carbocycles. The average molecular weight is 516 g/mol. The highest BCUT2D eigenvalue weighted by Gasteiger charge is 2.14. The number of carboxylic acid groups (broad SMARTS) is 1. The van der Waals surface area contributed by atoms with Gasteiger partial charge < -0.3 is 20.5 Å². The number of carbonyl (C=O) groups excluding carboxylic acids is 1. The van der Waals surface area contributed by atoms with Crippen molar-refractivity contribution >= 4 is 35.2 Å². The van der Waals surface area contributed by atoms with E-state index in [-0.39, 0.29) is 18.4 Å². The van der Waals surface area contributed by atoms with Crippen LogP contribution in [0.3, 0.4) is 0 Å². The molecule has 0 unspecified atom stereocenters. The van der Waals surface area contributed by atoms with Gasteiger partial charge in [-0.2, -0.15) is 0 Å². The third kappa shape index (κ3) is 8.38. The first-order chi connectivity index (χ1) is 17.2. The summed E-state index contributed by atoms with van der Waals surface area (Å²) in [6, 6.07) is 7.34. The van der Waals surface area contributed by atoms with Crippen LogP contribution in [0, 0.1) is 18.7 Å². The summed E-state index contributed by atoms with van der Waals surface area (Å²) >= 11 is 6.02. The number of hydrogen-bond donors (Lipinski definition) is 4. The molecular formula is C25H27ClFN5O4. The van der Waals surface area contributed by atoms with Gasteiger partial charge in [-0.05, 0) is 61.2 Å². The van der Waals surface area contributed by atoms with Gasteiger partial charge in [0.05, 0.1) is 18.7 Å². The zero-order valence-electron chi connectivity index (χ0n) is 19.8. The number of aliphatic imine (C=N–C) groups is 1. The van der Waals surface area contributed by atoms with Crippen LogP contribution < -0.4 is 20.7 Å². The topological polar surface area (TPSA) is 125 Å². The number of aromatic nitrogens is 1. The van der Waals surface area contributed by atoms with E-state index in [1.807, 2.05) is 19.1 Å². The molecule has 0 bridgehead atoms. The monoisotopic (exact) mass is 515 g/mol. The van der Waals surface area contributed by atoms with E-state index in [1.165, 1.54) is 19.1 Å². The van der Waals surface area contributed by atoms with E-state index >= 15 is 0 Å². The molecule has 0 spiro atoms. The SMILES string of the molecule is Cc1cc(NC(=NCC2=CC=C(Cl)CC2)NC(=O)NC[C@H](C)C(=O)O)ccc1Oc1ccc(F)cn1. The molecule has 1 heterocycles. The highest BCUT2D eigenvalue weighted by atomic mass is 35.5. The molecule has 36 heavy (non-hydrogen) atoms. The molecule has 190 valence electrons. The number of ether oxygens (including phenoxy) is 1. The van der Waals surface area contributed by atoms with Crippen molar-refractivity contribution in [2.24, 2.45) is 10.9 Å². The lowest BCUT2D eigenvalue weighted by atomic mass is 10.1. The Labute approximate surface area is 213 Å². The van der Waals surface area contributed by atoms with E-state index in [1.54, 1.807) is 18.2 Å². The summed E-state index contributed by atoms with van der Waals surface area (Å²) < 4.78 is 18.8. The number of hydrogen-bond acceptors (Lipinski definition) is 5.